The molecule has 14 nitrogen and oxygen atoms in total. The summed E-state index contributed by atoms with van der Waals surface area (Å²) in [5.74, 6) is -0.901. The Hall–Kier alpha value is -3.04. The van der Waals surface area contributed by atoms with Crippen LogP contribution < -0.4 is 16.4 Å². The molecular weight excluding hydrogens is 1020 g/mol. The monoisotopic (exact) mass is 1130 g/mol. The number of hydrogen-bond acceptors (Lipinski definition) is 13. The zero-order chi connectivity index (χ0) is 56.8. The van der Waals surface area contributed by atoms with Gasteiger partial charge in [-0.2, -0.15) is 0 Å². The molecule has 1 amide bonds. The molecule has 79 heavy (non-hydrogen) atoms. The second-order valence-corrected chi connectivity index (χ2v) is 23.0. The molecule has 0 spiro atoms. The fourth-order valence-corrected chi connectivity index (χ4v) is 11.1. The summed E-state index contributed by atoms with van der Waals surface area (Å²) in [7, 11) is -2.91. The van der Waals surface area contributed by atoms with E-state index in [1.807, 2.05) is 12.1 Å². The number of aliphatic hydroxyl groups is 1. The zero-order valence-corrected chi connectivity index (χ0v) is 50.1. The number of benzene rings is 2. The van der Waals surface area contributed by atoms with Gasteiger partial charge >= 0.3 is 20.5 Å². The second kappa shape index (κ2) is 47.4. The van der Waals surface area contributed by atoms with Gasteiger partial charge in [0.15, 0.2) is 6.29 Å². The van der Waals surface area contributed by atoms with E-state index in [1.165, 1.54) is 88.2 Å². The molecule has 7 N–H and O–H groups in total. The first-order chi connectivity index (χ1) is 38.6. The summed E-state index contributed by atoms with van der Waals surface area (Å²) in [6.45, 7) is 5.09. The van der Waals surface area contributed by atoms with Crippen LogP contribution in [-0.4, -0.2) is 102 Å². The normalized spacial score (nSPS) is 18.1. The fourth-order valence-electron chi connectivity index (χ4n) is 10.6. The van der Waals surface area contributed by atoms with Crippen molar-refractivity contribution in [2.75, 3.05) is 26.3 Å². The molecule has 1 fully saturated rings. The third-order valence-corrected chi connectivity index (χ3v) is 15.8. The number of carbonyl (C=O) groups excluding carboxylic acids is 3. The van der Waals surface area contributed by atoms with Crippen LogP contribution in [-0.2, 0) is 50.7 Å². The molecule has 1 aliphatic heterocycles. The third kappa shape index (κ3) is 35.5. The first-order valence-corrected chi connectivity index (χ1v) is 32.7. The third-order valence-electron chi connectivity index (χ3n) is 15.3. The number of rotatable bonds is 51. The molecule has 6 unspecified atom stereocenters. The van der Waals surface area contributed by atoms with E-state index in [1.54, 1.807) is 0 Å². The van der Waals surface area contributed by atoms with Crippen LogP contribution in [0.25, 0.3) is 0 Å². The average molecular weight is 1130 g/mol. The molecule has 1 heterocycles. The molecule has 0 aliphatic carbocycles. The minimum atomic E-state index is -2.91. The summed E-state index contributed by atoms with van der Waals surface area (Å²) in [6.07, 6.45) is 31.9. The molecule has 0 aromatic heterocycles. The summed E-state index contributed by atoms with van der Waals surface area (Å²) in [5.41, 5.74) is 9.45. The van der Waals surface area contributed by atoms with Gasteiger partial charge in [-0.05, 0) is 88.3 Å². The Bertz CT molecular complexity index is 1770. The number of ether oxygens (including phenoxy) is 4. The van der Waals surface area contributed by atoms with Crippen molar-refractivity contribution in [1.82, 2.24) is 10.6 Å². The van der Waals surface area contributed by atoms with Gasteiger partial charge in [-0.1, -0.05) is 216 Å². The summed E-state index contributed by atoms with van der Waals surface area (Å²) in [4.78, 5) is 60.2. The van der Waals surface area contributed by atoms with Gasteiger partial charge in [0.1, 0.15) is 24.4 Å². The number of hydrogen-bond donors (Lipinski definition) is 6. The quantitative estimate of drug-likeness (QED) is 0.0207. The predicted octanol–water partition coefficient (Wildman–Crippen LogP) is 13.3. The van der Waals surface area contributed by atoms with Crippen molar-refractivity contribution >= 4 is 26.4 Å². The number of aryl methyl sites for hydroxylation is 2. The van der Waals surface area contributed by atoms with Crippen molar-refractivity contribution in [2.45, 2.75) is 288 Å². The number of nitrogens with two attached hydrogens (primary N) is 1. The Labute approximate surface area is 479 Å². The van der Waals surface area contributed by atoms with Crippen LogP contribution in [0.5, 0.6) is 0 Å². The number of carbonyl (C=O) groups is 3. The number of unbranched alkanes of at least 4 members (excludes halogenated alkanes) is 24. The van der Waals surface area contributed by atoms with Gasteiger partial charge in [-0.3, -0.25) is 14.4 Å². The lowest BCUT2D eigenvalue weighted by Crippen LogP contribution is -2.68. The van der Waals surface area contributed by atoms with Gasteiger partial charge < -0.3 is 54.7 Å². The molecule has 2 aromatic carbocycles. The lowest BCUT2D eigenvalue weighted by molar-refractivity contribution is -0.241. The Morgan fingerprint density at radius 1 is 0.582 bits per heavy atom. The SMILES string of the molecule is CCCCCCCCCCCC(CCNCCOC1OC(CO)C(OP(O)O)[C@H](NC(=O)CC(CCCCCCCCCCC)OC(=O)CCCCCCCc2ccccc2)C1N)OC(=O)CCCCCCCc1ccccc1. The maximum atomic E-state index is 13.9. The van der Waals surface area contributed by atoms with Crippen molar-refractivity contribution in [3.63, 3.8) is 0 Å². The van der Waals surface area contributed by atoms with Gasteiger partial charge in [0.25, 0.3) is 0 Å². The fraction of sp³-hybridized carbons (Fsp3) is 0.766. The maximum Gasteiger partial charge on any atom is 0.327 e. The van der Waals surface area contributed by atoms with Crippen molar-refractivity contribution in [3.05, 3.63) is 71.8 Å². The number of nitrogens with one attached hydrogen (secondary N) is 2. The largest absolute Gasteiger partial charge is 0.462 e. The first kappa shape index (κ1) is 70.2. The number of amides is 1. The van der Waals surface area contributed by atoms with E-state index in [0.717, 1.165) is 116 Å². The molecule has 3 rings (SSSR count). The minimum Gasteiger partial charge on any atom is -0.462 e. The van der Waals surface area contributed by atoms with E-state index >= 15 is 0 Å². The average Bonchev–Trinajstić information content (AvgIpc) is 3.47. The standard InChI is InChI=1S/C64H110N3O11P/c1-3-5-7-9-11-13-15-21-33-43-55(75-59(70)45-35-23-17-19-27-37-53-39-29-25-30-40-53)47-48-66-49-50-74-64-61(65)62(63(78-79(72)73)57(52-68)77-64)67-58(69)51-56(44-34-22-16-14-12-10-8-6-4-2)76-60(71)46-36-24-18-20-28-38-54-41-31-26-32-42-54/h25-26,29-32,39-42,55-57,61-64,66,68,72-73H,3-24,27-28,33-38,43-52,65H2,1-2H3,(H,67,69)/t55?,56?,57?,61?,62-,63?,64?/m1/s1. The van der Waals surface area contributed by atoms with E-state index in [2.05, 4.69) is 73.0 Å². The highest BCUT2D eigenvalue weighted by Gasteiger charge is 2.47. The van der Waals surface area contributed by atoms with E-state index in [9.17, 15) is 29.3 Å². The van der Waals surface area contributed by atoms with E-state index in [0.29, 0.717) is 38.8 Å². The van der Waals surface area contributed by atoms with Crippen LogP contribution in [0.4, 0.5) is 0 Å². The lowest BCUT2D eigenvalue weighted by Gasteiger charge is -2.44. The molecule has 0 bridgehead atoms. The first-order valence-electron chi connectivity index (χ1n) is 31.6. The molecule has 2 aromatic rings. The maximum absolute atomic E-state index is 13.9. The van der Waals surface area contributed by atoms with E-state index in [4.69, 9.17) is 29.2 Å². The van der Waals surface area contributed by atoms with Crippen molar-refractivity contribution < 1.29 is 52.7 Å². The van der Waals surface area contributed by atoms with Gasteiger partial charge in [0.2, 0.25) is 5.91 Å². The van der Waals surface area contributed by atoms with Gasteiger partial charge in [-0.15, -0.1) is 0 Å². The minimum absolute atomic E-state index is 0.115. The Balaban J connectivity index is 1.51. The Morgan fingerprint density at radius 3 is 1.51 bits per heavy atom. The van der Waals surface area contributed by atoms with Crippen molar-refractivity contribution in [1.29, 1.82) is 0 Å². The molecule has 0 radical (unpaired) electrons. The van der Waals surface area contributed by atoms with Crippen LogP contribution in [0.2, 0.25) is 0 Å². The van der Waals surface area contributed by atoms with Gasteiger partial charge in [-0.25, -0.2) is 0 Å². The van der Waals surface area contributed by atoms with Crippen molar-refractivity contribution in [2.24, 2.45) is 5.73 Å². The number of aliphatic hydroxyl groups excluding tert-OH is 1. The summed E-state index contributed by atoms with van der Waals surface area (Å²) < 4.78 is 29.7. The molecule has 1 saturated heterocycles. The predicted molar refractivity (Wildman–Crippen MR) is 319 cm³/mol. The highest BCUT2D eigenvalue weighted by atomic mass is 31.2. The second-order valence-electron chi connectivity index (χ2n) is 22.3. The van der Waals surface area contributed by atoms with Gasteiger partial charge in [0.05, 0.1) is 31.7 Å². The number of esters is 2. The summed E-state index contributed by atoms with van der Waals surface area (Å²) in [5, 5.41) is 16.8. The molecule has 15 heteroatoms. The van der Waals surface area contributed by atoms with Crippen LogP contribution in [0.1, 0.15) is 243 Å². The highest BCUT2D eigenvalue weighted by molar-refractivity contribution is 7.39. The lowest BCUT2D eigenvalue weighted by atomic mass is 9.94. The molecular formula is C64H110N3O11P. The van der Waals surface area contributed by atoms with Crippen LogP contribution in [0.3, 0.4) is 0 Å². The van der Waals surface area contributed by atoms with Crippen LogP contribution >= 0.6 is 8.60 Å². The van der Waals surface area contributed by atoms with Crippen molar-refractivity contribution in [3.8, 4) is 0 Å². The smallest absolute Gasteiger partial charge is 0.327 e. The van der Waals surface area contributed by atoms with E-state index < -0.39 is 57.8 Å². The zero-order valence-electron chi connectivity index (χ0n) is 49.2. The molecule has 0 saturated carbocycles. The van der Waals surface area contributed by atoms with Crippen LogP contribution in [0.15, 0.2) is 60.7 Å². The molecule has 1 aliphatic rings. The molecule has 7 atom stereocenters. The topological polar surface area (TPSA) is 208 Å². The highest BCUT2D eigenvalue weighted by Crippen LogP contribution is 2.34. The van der Waals surface area contributed by atoms with Crippen LogP contribution in [0, 0.1) is 0 Å². The summed E-state index contributed by atoms with van der Waals surface area (Å²) in [6, 6.07) is 19.0. The molecule has 452 valence electrons. The van der Waals surface area contributed by atoms with Gasteiger partial charge in [0, 0.05) is 19.4 Å². The Morgan fingerprint density at radius 2 is 1.03 bits per heavy atom. The Kier molecular flexibility index (Phi) is 42.2. The summed E-state index contributed by atoms with van der Waals surface area (Å²) >= 11 is 0. The van der Waals surface area contributed by atoms with E-state index in [-0.39, 0.29) is 37.5 Å².